The van der Waals surface area contributed by atoms with Crippen molar-refractivity contribution in [2.75, 3.05) is 6.61 Å². The lowest BCUT2D eigenvalue weighted by molar-refractivity contribution is -0.145. The molecule has 1 unspecified atom stereocenters. The van der Waals surface area contributed by atoms with E-state index in [-0.39, 0.29) is 17.6 Å². The summed E-state index contributed by atoms with van der Waals surface area (Å²) in [6.07, 6.45) is 0.408. The van der Waals surface area contributed by atoms with Gasteiger partial charge in [0.15, 0.2) is 0 Å². The monoisotopic (exact) mass is 356 g/mol. The van der Waals surface area contributed by atoms with Crippen LogP contribution in [-0.2, 0) is 22.5 Å². The summed E-state index contributed by atoms with van der Waals surface area (Å²) < 4.78 is 32.7. The summed E-state index contributed by atoms with van der Waals surface area (Å²) >= 11 is 0. The first kappa shape index (κ1) is 16.7. The van der Waals surface area contributed by atoms with Crippen molar-refractivity contribution in [3.8, 4) is 11.1 Å². The minimum Gasteiger partial charge on any atom is -0.465 e. The zero-order chi connectivity index (χ0) is 18.3. The molecule has 2 N–H and O–H groups in total. The van der Waals surface area contributed by atoms with E-state index in [0.29, 0.717) is 25.1 Å². The first-order valence-corrected chi connectivity index (χ1v) is 8.56. The fourth-order valence-corrected chi connectivity index (χ4v) is 3.54. The van der Waals surface area contributed by atoms with Gasteiger partial charge in [0.2, 0.25) is 0 Å². The van der Waals surface area contributed by atoms with Crippen LogP contribution in [0.5, 0.6) is 0 Å². The molecule has 1 atom stereocenters. The number of aromatic amines is 1. The Labute approximate surface area is 149 Å². The number of esters is 1. The minimum absolute atomic E-state index is 0.309. The van der Waals surface area contributed by atoms with Gasteiger partial charge in [-0.2, -0.15) is 0 Å². The summed E-state index contributed by atoms with van der Waals surface area (Å²) in [4.78, 5) is 15.1. The molecule has 0 aliphatic carbocycles. The van der Waals surface area contributed by atoms with Crippen LogP contribution in [0.2, 0.25) is 0 Å². The quantitative estimate of drug-likeness (QED) is 0.704. The van der Waals surface area contributed by atoms with Crippen molar-refractivity contribution in [3.63, 3.8) is 0 Å². The molecule has 0 amide bonds. The van der Waals surface area contributed by atoms with Gasteiger partial charge in [-0.25, -0.2) is 8.78 Å². The van der Waals surface area contributed by atoms with Gasteiger partial charge < -0.3 is 9.72 Å². The largest absolute Gasteiger partial charge is 0.465 e. The van der Waals surface area contributed by atoms with Gasteiger partial charge in [0, 0.05) is 24.0 Å². The van der Waals surface area contributed by atoms with Crippen molar-refractivity contribution in [1.82, 2.24) is 10.3 Å². The second-order valence-electron chi connectivity index (χ2n) is 6.32. The van der Waals surface area contributed by atoms with Crippen molar-refractivity contribution < 1.29 is 18.3 Å². The molecular weight excluding hydrogens is 338 g/mol. The number of benzene rings is 2. The second-order valence-corrected chi connectivity index (χ2v) is 6.32. The molecule has 2 aromatic carbocycles. The summed E-state index contributed by atoms with van der Waals surface area (Å²) in [6.45, 7) is 2.51. The highest BCUT2D eigenvalue weighted by molar-refractivity contribution is 5.99. The lowest BCUT2D eigenvalue weighted by atomic mass is 9.95. The third-order valence-corrected chi connectivity index (χ3v) is 4.76. The van der Waals surface area contributed by atoms with Gasteiger partial charge in [0.05, 0.1) is 12.1 Å². The van der Waals surface area contributed by atoms with E-state index in [0.717, 1.165) is 27.8 Å². The zero-order valence-corrected chi connectivity index (χ0v) is 14.2. The maximum Gasteiger partial charge on any atom is 0.323 e. The van der Waals surface area contributed by atoms with Crippen LogP contribution in [0, 0.1) is 11.6 Å². The van der Waals surface area contributed by atoms with Crippen molar-refractivity contribution in [3.05, 3.63) is 59.3 Å². The highest BCUT2D eigenvalue weighted by Gasteiger charge is 2.29. The average Bonchev–Trinajstić information content (AvgIpc) is 3.03. The summed E-state index contributed by atoms with van der Waals surface area (Å²) in [7, 11) is 0. The van der Waals surface area contributed by atoms with Gasteiger partial charge in [-0.05, 0) is 41.8 Å². The molecule has 4 rings (SSSR count). The number of hydrogen-bond donors (Lipinski definition) is 2. The van der Waals surface area contributed by atoms with Gasteiger partial charge >= 0.3 is 5.97 Å². The van der Waals surface area contributed by atoms with E-state index >= 15 is 0 Å². The maximum absolute atomic E-state index is 14.4. The van der Waals surface area contributed by atoms with Gasteiger partial charge in [-0.1, -0.05) is 18.2 Å². The Kier molecular flexibility index (Phi) is 4.20. The Morgan fingerprint density at radius 3 is 2.69 bits per heavy atom. The number of aromatic nitrogens is 1. The van der Waals surface area contributed by atoms with Crippen molar-refractivity contribution >= 4 is 16.9 Å². The molecule has 0 bridgehead atoms. The van der Waals surface area contributed by atoms with E-state index in [2.05, 4.69) is 10.3 Å². The molecule has 0 fully saturated rings. The first-order valence-electron chi connectivity index (χ1n) is 8.56. The highest BCUT2D eigenvalue weighted by Crippen LogP contribution is 2.36. The van der Waals surface area contributed by atoms with Crippen molar-refractivity contribution in [2.24, 2.45) is 0 Å². The summed E-state index contributed by atoms with van der Waals surface area (Å²) in [5.41, 5.74) is 3.80. The van der Waals surface area contributed by atoms with E-state index in [9.17, 15) is 13.6 Å². The van der Waals surface area contributed by atoms with Crippen molar-refractivity contribution in [2.45, 2.75) is 25.9 Å². The lowest BCUT2D eigenvalue weighted by Crippen LogP contribution is -2.42. The standard InChI is InChI=1S/C20H18F2N2O2/c1-2-26-20(25)17-9-16-14(10-23-17)18-13(7-8-15(22)19(18)24-16)11-3-5-12(21)6-4-11/h3-8,17,23-24H,2,9-10H2,1H3. The van der Waals surface area contributed by atoms with Crippen molar-refractivity contribution in [1.29, 1.82) is 0 Å². The summed E-state index contributed by atoms with van der Waals surface area (Å²) in [6, 6.07) is 8.79. The number of H-pyrrole nitrogens is 1. The van der Waals surface area contributed by atoms with E-state index in [1.54, 1.807) is 25.1 Å². The highest BCUT2D eigenvalue weighted by atomic mass is 19.1. The van der Waals surface area contributed by atoms with Crippen LogP contribution < -0.4 is 5.32 Å². The van der Waals surface area contributed by atoms with Gasteiger partial charge in [-0.3, -0.25) is 10.1 Å². The molecule has 6 heteroatoms. The van der Waals surface area contributed by atoms with Crippen LogP contribution in [0.4, 0.5) is 8.78 Å². The smallest absolute Gasteiger partial charge is 0.323 e. The van der Waals surface area contributed by atoms with Crippen LogP contribution in [0.3, 0.4) is 0 Å². The molecule has 0 saturated heterocycles. The molecule has 0 spiro atoms. The molecular formula is C20H18F2N2O2. The molecule has 3 aromatic rings. The molecule has 1 aliphatic rings. The molecule has 0 radical (unpaired) electrons. The van der Waals surface area contributed by atoms with E-state index in [4.69, 9.17) is 4.74 Å². The van der Waals surface area contributed by atoms with Gasteiger partial charge in [0.25, 0.3) is 0 Å². The Morgan fingerprint density at radius 1 is 1.19 bits per heavy atom. The second kappa shape index (κ2) is 6.53. The van der Waals surface area contributed by atoms with E-state index in [1.807, 2.05) is 0 Å². The Bertz CT molecular complexity index is 980. The Balaban J connectivity index is 1.82. The number of halogens is 2. The van der Waals surface area contributed by atoms with Gasteiger partial charge in [-0.15, -0.1) is 0 Å². The molecule has 1 aromatic heterocycles. The number of rotatable bonds is 3. The van der Waals surface area contributed by atoms with E-state index in [1.165, 1.54) is 18.2 Å². The first-order chi connectivity index (χ1) is 12.6. The maximum atomic E-state index is 14.4. The SMILES string of the molecule is CCOC(=O)C1Cc2[nH]c3c(F)ccc(-c4ccc(F)cc4)c3c2CN1. The number of ether oxygens (including phenoxy) is 1. The molecule has 1 aliphatic heterocycles. The number of carbonyl (C=O) groups excluding carboxylic acids is 1. The minimum atomic E-state index is -0.451. The molecule has 0 saturated carbocycles. The van der Waals surface area contributed by atoms with E-state index < -0.39 is 6.04 Å². The topological polar surface area (TPSA) is 54.1 Å². The predicted octanol–water partition coefficient (Wildman–Crippen LogP) is 3.69. The molecule has 26 heavy (non-hydrogen) atoms. The van der Waals surface area contributed by atoms with Crippen LogP contribution in [0.1, 0.15) is 18.2 Å². The van der Waals surface area contributed by atoms with Crippen LogP contribution in [0.25, 0.3) is 22.0 Å². The fraction of sp³-hybridized carbons (Fsp3) is 0.250. The van der Waals surface area contributed by atoms with Crippen LogP contribution in [-0.4, -0.2) is 23.6 Å². The number of fused-ring (bicyclic) bond motifs is 3. The lowest BCUT2D eigenvalue weighted by Gasteiger charge is -2.22. The third kappa shape index (κ3) is 2.76. The van der Waals surface area contributed by atoms with Crippen LogP contribution in [0.15, 0.2) is 36.4 Å². The van der Waals surface area contributed by atoms with Gasteiger partial charge in [0.1, 0.15) is 17.7 Å². The number of carbonyl (C=O) groups is 1. The summed E-state index contributed by atoms with van der Waals surface area (Å²) in [5.74, 6) is -0.980. The molecule has 134 valence electrons. The zero-order valence-electron chi connectivity index (χ0n) is 14.2. The molecule has 2 heterocycles. The Morgan fingerprint density at radius 2 is 1.96 bits per heavy atom. The number of nitrogens with one attached hydrogen (secondary N) is 2. The number of hydrogen-bond acceptors (Lipinski definition) is 3. The normalized spacial score (nSPS) is 16.5. The predicted molar refractivity (Wildman–Crippen MR) is 94.6 cm³/mol. The Hall–Kier alpha value is -2.73. The fourth-order valence-electron chi connectivity index (χ4n) is 3.54. The van der Waals surface area contributed by atoms with Crippen LogP contribution >= 0.6 is 0 Å². The third-order valence-electron chi connectivity index (χ3n) is 4.76. The average molecular weight is 356 g/mol. The summed E-state index contributed by atoms with van der Waals surface area (Å²) in [5, 5.41) is 3.93. The molecule has 4 nitrogen and oxygen atoms in total.